The van der Waals surface area contributed by atoms with Gasteiger partial charge in [-0.25, -0.2) is 13.4 Å². The van der Waals surface area contributed by atoms with E-state index < -0.39 is 10.0 Å². The Morgan fingerprint density at radius 1 is 1.00 bits per heavy atom. The third-order valence-electron chi connectivity index (χ3n) is 5.67. The van der Waals surface area contributed by atoms with E-state index in [2.05, 4.69) is 4.90 Å². The van der Waals surface area contributed by atoms with E-state index in [0.29, 0.717) is 42.9 Å². The van der Waals surface area contributed by atoms with Crippen LogP contribution in [0, 0.1) is 0 Å². The third kappa shape index (κ3) is 3.65. The lowest BCUT2D eigenvalue weighted by Gasteiger charge is -2.37. The van der Waals surface area contributed by atoms with Crippen molar-refractivity contribution in [3.8, 4) is 0 Å². The largest absolute Gasteiger partial charge is 0.298 e. The van der Waals surface area contributed by atoms with Crippen LogP contribution in [0.4, 0.5) is 0 Å². The predicted molar refractivity (Wildman–Crippen MR) is 117 cm³/mol. The molecule has 30 heavy (non-hydrogen) atoms. The Kier molecular flexibility index (Phi) is 5.67. The zero-order chi connectivity index (χ0) is 21.5. The fourth-order valence-electron chi connectivity index (χ4n) is 3.90. The maximum absolute atomic E-state index is 13.0. The van der Waals surface area contributed by atoms with E-state index in [0.717, 1.165) is 0 Å². The number of sulfonamides is 1. The monoisotopic (exact) mass is 446 g/mol. The molecule has 9 heteroatoms. The number of halogens is 1. The summed E-state index contributed by atoms with van der Waals surface area (Å²) in [5.41, 5.74) is 0.588. The van der Waals surface area contributed by atoms with E-state index in [-0.39, 0.29) is 21.5 Å². The fraction of sp³-hybridized carbons (Fsp3) is 0.333. The van der Waals surface area contributed by atoms with Crippen molar-refractivity contribution < 1.29 is 8.42 Å². The van der Waals surface area contributed by atoms with Crippen LogP contribution in [0.25, 0.3) is 10.9 Å². The van der Waals surface area contributed by atoms with Gasteiger partial charge in [-0.1, -0.05) is 35.9 Å². The summed E-state index contributed by atoms with van der Waals surface area (Å²) < 4.78 is 29.0. The Labute approximate surface area is 180 Å². The van der Waals surface area contributed by atoms with Crippen molar-refractivity contribution in [2.75, 3.05) is 26.2 Å². The van der Waals surface area contributed by atoms with Gasteiger partial charge in [0, 0.05) is 33.2 Å². The van der Waals surface area contributed by atoms with E-state index >= 15 is 0 Å². The highest BCUT2D eigenvalue weighted by Crippen LogP contribution is 2.27. The van der Waals surface area contributed by atoms with E-state index in [1.54, 1.807) is 35.9 Å². The summed E-state index contributed by atoms with van der Waals surface area (Å²) in [5.74, 6) is 0.668. The second kappa shape index (κ2) is 8.11. The molecule has 0 radical (unpaired) electrons. The summed E-state index contributed by atoms with van der Waals surface area (Å²) in [5, 5.41) is 0.815. The SMILES string of the molecule is CC(c1nc2ccccc2c(=O)n1C)N1CCN(S(=O)(=O)c2ccccc2Cl)CC1. The smallest absolute Gasteiger partial charge is 0.261 e. The molecule has 1 aromatic heterocycles. The third-order valence-corrected chi connectivity index (χ3v) is 8.07. The van der Waals surface area contributed by atoms with Crippen molar-refractivity contribution >= 4 is 32.5 Å². The Balaban J connectivity index is 1.55. The fourth-order valence-corrected chi connectivity index (χ4v) is 5.81. The van der Waals surface area contributed by atoms with Gasteiger partial charge in [-0.3, -0.25) is 14.3 Å². The molecular weight excluding hydrogens is 424 g/mol. The summed E-state index contributed by atoms with van der Waals surface area (Å²) in [6, 6.07) is 13.7. The van der Waals surface area contributed by atoms with Gasteiger partial charge >= 0.3 is 0 Å². The van der Waals surface area contributed by atoms with Gasteiger partial charge in [-0.05, 0) is 31.2 Å². The van der Waals surface area contributed by atoms with Crippen LogP contribution in [-0.2, 0) is 17.1 Å². The van der Waals surface area contributed by atoms with Crippen LogP contribution in [0.1, 0.15) is 18.8 Å². The van der Waals surface area contributed by atoms with Crippen molar-refractivity contribution in [2.24, 2.45) is 7.05 Å². The molecule has 7 nitrogen and oxygen atoms in total. The van der Waals surface area contributed by atoms with Crippen LogP contribution in [-0.4, -0.2) is 53.4 Å². The Morgan fingerprint density at radius 3 is 2.33 bits per heavy atom. The van der Waals surface area contributed by atoms with Crippen molar-refractivity contribution in [2.45, 2.75) is 17.9 Å². The molecule has 3 aromatic rings. The van der Waals surface area contributed by atoms with Gasteiger partial charge in [0.2, 0.25) is 10.0 Å². The molecule has 2 heterocycles. The first-order valence-corrected chi connectivity index (χ1v) is 11.6. The highest BCUT2D eigenvalue weighted by Gasteiger charge is 2.32. The van der Waals surface area contributed by atoms with Crippen molar-refractivity contribution in [1.29, 1.82) is 0 Å². The van der Waals surface area contributed by atoms with Crippen LogP contribution in [0.3, 0.4) is 0 Å². The molecule has 0 spiro atoms. The molecule has 0 aliphatic carbocycles. The van der Waals surface area contributed by atoms with Gasteiger partial charge in [-0.15, -0.1) is 0 Å². The second-order valence-electron chi connectivity index (χ2n) is 7.40. The Bertz CT molecular complexity index is 1250. The second-order valence-corrected chi connectivity index (χ2v) is 9.71. The number of aromatic nitrogens is 2. The van der Waals surface area contributed by atoms with Crippen molar-refractivity contribution in [3.63, 3.8) is 0 Å². The number of rotatable bonds is 4. The molecule has 1 saturated heterocycles. The van der Waals surface area contributed by atoms with E-state index in [9.17, 15) is 13.2 Å². The van der Waals surface area contributed by atoms with Crippen molar-refractivity contribution in [3.05, 3.63) is 69.7 Å². The van der Waals surface area contributed by atoms with Gasteiger partial charge in [0.25, 0.3) is 5.56 Å². The van der Waals surface area contributed by atoms with Gasteiger partial charge in [-0.2, -0.15) is 4.31 Å². The molecule has 1 unspecified atom stereocenters. The lowest BCUT2D eigenvalue weighted by molar-refractivity contribution is 0.139. The van der Waals surface area contributed by atoms with Gasteiger partial charge in [0.1, 0.15) is 10.7 Å². The minimum atomic E-state index is -3.65. The molecule has 4 rings (SSSR count). The molecule has 1 aliphatic rings. The van der Waals surface area contributed by atoms with Gasteiger partial charge in [0.05, 0.1) is 22.0 Å². The maximum atomic E-state index is 13.0. The lowest BCUT2D eigenvalue weighted by atomic mass is 10.2. The molecule has 2 aromatic carbocycles. The molecule has 0 amide bonds. The van der Waals surface area contributed by atoms with Crippen molar-refractivity contribution in [1.82, 2.24) is 18.8 Å². The Hall–Kier alpha value is -2.26. The highest BCUT2D eigenvalue weighted by atomic mass is 35.5. The number of hydrogen-bond acceptors (Lipinski definition) is 5. The number of para-hydroxylation sites is 1. The predicted octanol–water partition coefficient (Wildman–Crippen LogP) is 2.65. The summed E-state index contributed by atoms with van der Waals surface area (Å²) in [4.78, 5) is 19.7. The average molecular weight is 447 g/mol. The molecule has 1 atom stereocenters. The quantitative estimate of drug-likeness (QED) is 0.615. The van der Waals surface area contributed by atoms with E-state index in [4.69, 9.17) is 16.6 Å². The minimum absolute atomic E-state index is 0.0811. The minimum Gasteiger partial charge on any atom is -0.298 e. The zero-order valence-electron chi connectivity index (χ0n) is 16.8. The normalized spacial score (nSPS) is 17.3. The van der Waals surface area contributed by atoms with Crippen LogP contribution in [0.5, 0.6) is 0 Å². The van der Waals surface area contributed by atoms with Gasteiger partial charge < -0.3 is 0 Å². The molecule has 1 fully saturated rings. The molecule has 1 aliphatic heterocycles. The highest BCUT2D eigenvalue weighted by molar-refractivity contribution is 7.89. The van der Waals surface area contributed by atoms with E-state index in [1.165, 1.54) is 10.4 Å². The van der Waals surface area contributed by atoms with Crippen LogP contribution in [0.2, 0.25) is 5.02 Å². The molecule has 0 N–H and O–H groups in total. The average Bonchev–Trinajstić information content (AvgIpc) is 2.76. The van der Waals surface area contributed by atoms with Crippen LogP contribution >= 0.6 is 11.6 Å². The Morgan fingerprint density at radius 2 is 1.63 bits per heavy atom. The summed E-state index contributed by atoms with van der Waals surface area (Å²) >= 11 is 6.11. The zero-order valence-corrected chi connectivity index (χ0v) is 18.4. The van der Waals surface area contributed by atoms with E-state index in [1.807, 2.05) is 25.1 Å². The number of piperazine rings is 1. The molecule has 158 valence electrons. The summed E-state index contributed by atoms with van der Waals surface area (Å²) in [6.45, 7) is 3.76. The maximum Gasteiger partial charge on any atom is 0.261 e. The van der Waals surface area contributed by atoms with Crippen LogP contribution < -0.4 is 5.56 Å². The standard InChI is InChI=1S/C21H23ClN4O3S/c1-15(20-23-18-9-5-3-7-16(18)21(27)24(20)2)25-11-13-26(14-12-25)30(28,29)19-10-6-4-8-17(19)22/h3-10,15H,11-14H2,1-2H3. The first-order chi connectivity index (χ1) is 14.3. The lowest BCUT2D eigenvalue weighted by Crippen LogP contribution is -2.49. The number of benzene rings is 2. The molecule has 0 bridgehead atoms. The first-order valence-electron chi connectivity index (χ1n) is 9.75. The number of hydrogen-bond donors (Lipinski definition) is 0. The molecular formula is C21H23ClN4O3S. The molecule has 0 saturated carbocycles. The number of nitrogens with zero attached hydrogens (tertiary/aromatic N) is 4. The van der Waals surface area contributed by atoms with Crippen LogP contribution in [0.15, 0.2) is 58.2 Å². The number of fused-ring (bicyclic) bond motifs is 1. The van der Waals surface area contributed by atoms with Gasteiger partial charge in [0.15, 0.2) is 0 Å². The summed E-state index contributed by atoms with van der Waals surface area (Å²) in [6.07, 6.45) is 0. The first kappa shape index (κ1) is 21.0. The topological polar surface area (TPSA) is 75.5 Å². The summed E-state index contributed by atoms with van der Waals surface area (Å²) in [7, 11) is -1.92.